The second-order valence-electron chi connectivity index (χ2n) is 6.31. The number of rotatable bonds is 3. The molecule has 0 bridgehead atoms. The van der Waals surface area contributed by atoms with Gasteiger partial charge in [-0.3, -0.25) is 4.79 Å². The lowest BCUT2D eigenvalue weighted by atomic mass is 9.99. The predicted octanol–water partition coefficient (Wildman–Crippen LogP) is 2.48. The summed E-state index contributed by atoms with van der Waals surface area (Å²) < 4.78 is 0. The molecule has 1 saturated carbocycles. The van der Waals surface area contributed by atoms with E-state index in [1.54, 1.807) is 0 Å². The zero-order valence-corrected chi connectivity index (χ0v) is 12.2. The van der Waals surface area contributed by atoms with E-state index < -0.39 is 0 Å². The van der Waals surface area contributed by atoms with Gasteiger partial charge in [0, 0.05) is 5.92 Å². The molecular formula is C18H20N2O. The Balaban J connectivity index is 1.54. The number of carbonyl (C=O) groups is 1. The van der Waals surface area contributed by atoms with Crippen LogP contribution < -0.4 is 10.6 Å². The molecule has 1 aliphatic heterocycles. The van der Waals surface area contributed by atoms with Crippen molar-refractivity contribution in [3.05, 3.63) is 48.0 Å². The van der Waals surface area contributed by atoms with Crippen LogP contribution in [-0.4, -0.2) is 19.0 Å². The highest BCUT2D eigenvalue weighted by Gasteiger charge is 2.56. The maximum absolute atomic E-state index is 12.4. The second-order valence-corrected chi connectivity index (χ2v) is 6.31. The quantitative estimate of drug-likeness (QED) is 0.907. The first-order valence-electron chi connectivity index (χ1n) is 7.74. The number of amides is 1. The fourth-order valence-electron chi connectivity index (χ4n) is 3.82. The van der Waals surface area contributed by atoms with Gasteiger partial charge in [-0.05, 0) is 48.2 Å². The molecule has 108 valence electrons. The van der Waals surface area contributed by atoms with Crippen LogP contribution in [0.5, 0.6) is 0 Å². The minimum atomic E-state index is 0.0536. The van der Waals surface area contributed by atoms with E-state index in [9.17, 15) is 4.79 Å². The molecule has 4 rings (SSSR count). The van der Waals surface area contributed by atoms with Crippen LogP contribution in [-0.2, 0) is 4.79 Å². The third-order valence-electron chi connectivity index (χ3n) is 5.04. The Kier molecular flexibility index (Phi) is 2.96. The van der Waals surface area contributed by atoms with Crippen molar-refractivity contribution < 1.29 is 4.79 Å². The molecule has 1 aliphatic carbocycles. The highest BCUT2D eigenvalue weighted by Crippen LogP contribution is 2.48. The summed E-state index contributed by atoms with van der Waals surface area (Å²) in [6.45, 7) is 4.09. The van der Waals surface area contributed by atoms with Crippen molar-refractivity contribution in [1.82, 2.24) is 10.6 Å². The van der Waals surface area contributed by atoms with E-state index in [1.165, 1.54) is 16.3 Å². The van der Waals surface area contributed by atoms with E-state index in [0.717, 1.165) is 13.1 Å². The molecule has 1 heterocycles. The lowest BCUT2D eigenvalue weighted by molar-refractivity contribution is -0.123. The third-order valence-corrected chi connectivity index (χ3v) is 5.04. The summed E-state index contributed by atoms with van der Waals surface area (Å²) in [5.41, 5.74) is 1.20. The van der Waals surface area contributed by atoms with E-state index in [1.807, 2.05) is 6.07 Å². The standard InChI is InChI=1S/C18H20N2O/c1-11(20-18(21)17-15-9-19-10-16(15)17)13-8-4-6-12-5-2-3-7-14(12)13/h2-8,11,15-17,19H,9-10H2,1H3,(H,20,21)/t11-,15-,16?,17?/m0/s1. The molecule has 2 aromatic rings. The summed E-state index contributed by atoms with van der Waals surface area (Å²) in [6, 6.07) is 14.7. The SMILES string of the molecule is C[C@H](NC(=O)C1C2CNC[C@@H]21)c1cccc2ccccc12. The van der Waals surface area contributed by atoms with Gasteiger partial charge in [-0.1, -0.05) is 42.5 Å². The van der Waals surface area contributed by atoms with Crippen molar-refractivity contribution in [2.45, 2.75) is 13.0 Å². The van der Waals surface area contributed by atoms with Crippen LogP contribution in [0.3, 0.4) is 0 Å². The molecule has 0 radical (unpaired) electrons. The average Bonchev–Trinajstić information content (AvgIpc) is 3.00. The summed E-state index contributed by atoms with van der Waals surface area (Å²) in [5.74, 6) is 1.62. The summed E-state index contributed by atoms with van der Waals surface area (Å²) in [5, 5.41) is 9.00. The predicted molar refractivity (Wildman–Crippen MR) is 83.8 cm³/mol. The van der Waals surface area contributed by atoms with E-state index in [2.05, 4.69) is 54.0 Å². The molecule has 4 atom stereocenters. The van der Waals surface area contributed by atoms with E-state index in [4.69, 9.17) is 0 Å². The summed E-state index contributed by atoms with van der Waals surface area (Å²) in [6.07, 6.45) is 0. The maximum atomic E-state index is 12.4. The Bertz CT molecular complexity index is 681. The van der Waals surface area contributed by atoms with E-state index in [0.29, 0.717) is 11.8 Å². The first kappa shape index (κ1) is 12.8. The fraction of sp³-hybridized carbons (Fsp3) is 0.389. The molecule has 2 fully saturated rings. The fourth-order valence-corrected chi connectivity index (χ4v) is 3.82. The first-order valence-corrected chi connectivity index (χ1v) is 7.74. The summed E-state index contributed by atoms with van der Waals surface area (Å²) in [4.78, 5) is 12.4. The molecule has 1 saturated heterocycles. The Morgan fingerprint density at radius 3 is 2.67 bits per heavy atom. The number of hydrogen-bond donors (Lipinski definition) is 2. The van der Waals surface area contributed by atoms with Crippen LogP contribution in [0, 0.1) is 17.8 Å². The van der Waals surface area contributed by atoms with Gasteiger partial charge in [0.05, 0.1) is 6.04 Å². The lowest BCUT2D eigenvalue weighted by Crippen LogP contribution is -2.31. The summed E-state index contributed by atoms with van der Waals surface area (Å²) in [7, 11) is 0. The largest absolute Gasteiger partial charge is 0.349 e. The molecule has 21 heavy (non-hydrogen) atoms. The molecule has 3 heteroatoms. The number of piperidine rings is 1. The van der Waals surface area contributed by atoms with Gasteiger partial charge in [0.2, 0.25) is 5.91 Å². The van der Waals surface area contributed by atoms with Gasteiger partial charge < -0.3 is 10.6 Å². The molecule has 0 aromatic heterocycles. The second kappa shape index (κ2) is 4.85. The van der Waals surface area contributed by atoms with Crippen molar-refractivity contribution in [3.63, 3.8) is 0 Å². The normalized spacial score (nSPS) is 28.1. The van der Waals surface area contributed by atoms with Gasteiger partial charge in [-0.15, -0.1) is 0 Å². The van der Waals surface area contributed by atoms with Crippen molar-refractivity contribution in [1.29, 1.82) is 0 Å². The minimum absolute atomic E-state index is 0.0536. The van der Waals surface area contributed by atoms with E-state index in [-0.39, 0.29) is 17.9 Å². The van der Waals surface area contributed by atoms with Gasteiger partial charge >= 0.3 is 0 Å². The molecule has 1 amide bonds. The first-order chi connectivity index (χ1) is 10.3. The highest BCUT2D eigenvalue weighted by molar-refractivity contribution is 5.87. The van der Waals surface area contributed by atoms with Gasteiger partial charge in [-0.25, -0.2) is 0 Å². The molecule has 0 spiro atoms. The average molecular weight is 280 g/mol. The number of hydrogen-bond acceptors (Lipinski definition) is 2. The van der Waals surface area contributed by atoms with Crippen molar-refractivity contribution in [3.8, 4) is 0 Å². The Morgan fingerprint density at radius 2 is 1.86 bits per heavy atom. The zero-order chi connectivity index (χ0) is 14.4. The van der Waals surface area contributed by atoms with E-state index >= 15 is 0 Å². The van der Waals surface area contributed by atoms with Crippen molar-refractivity contribution >= 4 is 16.7 Å². The molecule has 2 unspecified atom stereocenters. The lowest BCUT2D eigenvalue weighted by Gasteiger charge is -2.17. The Morgan fingerprint density at radius 1 is 1.14 bits per heavy atom. The van der Waals surface area contributed by atoms with Crippen LogP contribution in [0.25, 0.3) is 10.8 Å². The number of carbonyl (C=O) groups excluding carboxylic acids is 1. The van der Waals surface area contributed by atoms with Gasteiger partial charge in [0.1, 0.15) is 0 Å². The zero-order valence-electron chi connectivity index (χ0n) is 12.2. The van der Waals surface area contributed by atoms with Crippen LogP contribution >= 0.6 is 0 Å². The highest BCUT2D eigenvalue weighted by atomic mass is 16.2. The smallest absolute Gasteiger partial charge is 0.224 e. The Hall–Kier alpha value is -1.87. The van der Waals surface area contributed by atoms with Crippen LogP contribution in [0.1, 0.15) is 18.5 Å². The molecule has 3 nitrogen and oxygen atoms in total. The summed E-state index contributed by atoms with van der Waals surface area (Å²) >= 11 is 0. The number of nitrogens with one attached hydrogen (secondary N) is 2. The molecule has 2 aromatic carbocycles. The molecule has 2 N–H and O–H groups in total. The monoisotopic (exact) mass is 280 g/mol. The minimum Gasteiger partial charge on any atom is -0.349 e. The van der Waals surface area contributed by atoms with Crippen molar-refractivity contribution in [2.75, 3.05) is 13.1 Å². The van der Waals surface area contributed by atoms with Crippen molar-refractivity contribution in [2.24, 2.45) is 17.8 Å². The van der Waals surface area contributed by atoms with Crippen LogP contribution in [0.15, 0.2) is 42.5 Å². The van der Waals surface area contributed by atoms with Crippen LogP contribution in [0.4, 0.5) is 0 Å². The molecular weight excluding hydrogens is 260 g/mol. The number of fused-ring (bicyclic) bond motifs is 2. The van der Waals surface area contributed by atoms with Gasteiger partial charge in [0.25, 0.3) is 0 Å². The molecule has 2 aliphatic rings. The topological polar surface area (TPSA) is 41.1 Å². The van der Waals surface area contributed by atoms with Gasteiger partial charge in [0.15, 0.2) is 0 Å². The maximum Gasteiger partial charge on any atom is 0.224 e. The number of benzene rings is 2. The third kappa shape index (κ3) is 2.12. The Labute approximate surface area is 124 Å². The van der Waals surface area contributed by atoms with Gasteiger partial charge in [-0.2, -0.15) is 0 Å². The van der Waals surface area contributed by atoms with Crippen LogP contribution in [0.2, 0.25) is 0 Å².